The number of rotatable bonds is 8. The van der Waals surface area contributed by atoms with Gasteiger partial charge in [0.2, 0.25) is 5.91 Å². The van der Waals surface area contributed by atoms with Crippen LogP contribution in [0.1, 0.15) is 38.7 Å². The number of hydrogen-bond acceptors (Lipinski definition) is 3. The molecule has 6 nitrogen and oxygen atoms in total. The first-order valence-electron chi connectivity index (χ1n) is 6.74. The molecule has 0 unspecified atom stereocenters. The second-order valence-electron chi connectivity index (χ2n) is 5.89. The van der Waals surface area contributed by atoms with E-state index in [0.717, 1.165) is 18.4 Å². The minimum absolute atomic E-state index is 0.00386. The Kier molecular flexibility index (Phi) is 5.73. The number of nitrogens with one attached hydrogen (secondary N) is 1. The van der Waals surface area contributed by atoms with Gasteiger partial charge in [-0.3, -0.25) is 14.3 Å². The van der Waals surface area contributed by atoms with E-state index in [1.165, 1.54) is 0 Å². The second-order valence-corrected chi connectivity index (χ2v) is 5.89. The fraction of sp³-hybridized carbons (Fsp3) is 0.643. The van der Waals surface area contributed by atoms with Crippen molar-refractivity contribution in [3.63, 3.8) is 0 Å². The lowest BCUT2D eigenvalue weighted by Crippen LogP contribution is -2.30. The number of aromatic nitrogens is 2. The molecule has 0 aliphatic carbocycles. The zero-order valence-electron chi connectivity index (χ0n) is 12.3. The monoisotopic (exact) mass is 281 g/mol. The zero-order chi connectivity index (χ0) is 15.2. The van der Waals surface area contributed by atoms with Crippen LogP contribution < -0.4 is 5.32 Å². The van der Waals surface area contributed by atoms with E-state index in [0.29, 0.717) is 6.54 Å². The number of carboxylic acid groups (broad SMARTS) is 1. The van der Waals surface area contributed by atoms with Gasteiger partial charge in [-0.25, -0.2) is 0 Å². The number of carboxylic acids is 1. The van der Waals surface area contributed by atoms with Gasteiger partial charge in [0.1, 0.15) is 0 Å². The fourth-order valence-electron chi connectivity index (χ4n) is 2.09. The first kappa shape index (κ1) is 16.2. The van der Waals surface area contributed by atoms with E-state index in [9.17, 15) is 9.59 Å². The maximum absolute atomic E-state index is 11.7. The summed E-state index contributed by atoms with van der Waals surface area (Å²) in [5.74, 6) is -0.971. The van der Waals surface area contributed by atoms with Crippen LogP contribution in [0.15, 0.2) is 12.4 Å². The SMILES string of the molecule is Cn1cc(CCCNC(=O)CC(C)(C)CC(=O)O)cn1. The van der Waals surface area contributed by atoms with Gasteiger partial charge < -0.3 is 10.4 Å². The highest BCUT2D eigenvalue weighted by Gasteiger charge is 2.24. The van der Waals surface area contributed by atoms with Crippen molar-refractivity contribution in [1.82, 2.24) is 15.1 Å². The van der Waals surface area contributed by atoms with Crippen LogP contribution in [-0.2, 0) is 23.1 Å². The molecule has 0 aromatic carbocycles. The van der Waals surface area contributed by atoms with Crippen molar-refractivity contribution in [3.05, 3.63) is 18.0 Å². The van der Waals surface area contributed by atoms with E-state index in [-0.39, 0.29) is 18.7 Å². The molecule has 0 aliphatic rings. The average molecular weight is 281 g/mol. The van der Waals surface area contributed by atoms with Crippen molar-refractivity contribution in [2.45, 2.75) is 39.5 Å². The van der Waals surface area contributed by atoms with E-state index in [1.54, 1.807) is 18.5 Å². The van der Waals surface area contributed by atoms with Crippen molar-refractivity contribution in [2.75, 3.05) is 6.54 Å². The van der Waals surface area contributed by atoms with Crippen LogP contribution in [0.25, 0.3) is 0 Å². The van der Waals surface area contributed by atoms with Crippen molar-refractivity contribution >= 4 is 11.9 Å². The molecular formula is C14H23N3O3. The molecule has 0 saturated heterocycles. The van der Waals surface area contributed by atoms with Gasteiger partial charge in [0.05, 0.1) is 12.6 Å². The minimum atomic E-state index is -0.876. The van der Waals surface area contributed by atoms with Gasteiger partial charge in [-0.15, -0.1) is 0 Å². The predicted molar refractivity (Wildman–Crippen MR) is 75.2 cm³/mol. The first-order valence-corrected chi connectivity index (χ1v) is 6.74. The highest BCUT2D eigenvalue weighted by atomic mass is 16.4. The largest absolute Gasteiger partial charge is 0.481 e. The predicted octanol–water partition coefficient (Wildman–Crippen LogP) is 1.36. The van der Waals surface area contributed by atoms with Crippen LogP contribution in [0.5, 0.6) is 0 Å². The standard InChI is InChI=1S/C14H23N3O3/c1-14(2,8-13(19)20)7-12(18)15-6-4-5-11-9-16-17(3)10-11/h9-10H,4-8H2,1-3H3,(H,15,18)(H,19,20). The molecule has 112 valence electrons. The number of amides is 1. The summed E-state index contributed by atoms with van der Waals surface area (Å²) >= 11 is 0. The van der Waals surface area contributed by atoms with Gasteiger partial charge in [-0.05, 0) is 23.8 Å². The third kappa shape index (κ3) is 6.36. The zero-order valence-corrected chi connectivity index (χ0v) is 12.3. The Morgan fingerprint density at radius 2 is 2.10 bits per heavy atom. The third-order valence-corrected chi connectivity index (χ3v) is 2.99. The van der Waals surface area contributed by atoms with Gasteiger partial charge in [-0.1, -0.05) is 13.8 Å². The Hall–Kier alpha value is -1.85. The highest BCUT2D eigenvalue weighted by molar-refractivity contribution is 5.77. The summed E-state index contributed by atoms with van der Waals surface area (Å²) in [5, 5.41) is 15.7. The van der Waals surface area contributed by atoms with Gasteiger partial charge in [0, 0.05) is 26.2 Å². The molecule has 0 spiro atoms. The summed E-state index contributed by atoms with van der Waals surface area (Å²) in [6.07, 6.45) is 5.71. The molecule has 1 aromatic heterocycles. The van der Waals surface area contributed by atoms with Crippen molar-refractivity contribution in [3.8, 4) is 0 Å². The number of aryl methyl sites for hydroxylation is 2. The number of aliphatic carboxylic acids is 1. The number of hydrogen-bond donors (Lipinski definition) is 2. The van der Waals surface area contributed by atoms with Gasteiger partial charge >= 0.3 is 5.97 Å². The highest BCUT2D eigenvalue weighted by Crippen LogP contribution is 2.24. The first-order chi connectivity index (χ1) is 9.28. The lowest BCUT2D eigenvalue weighted by molar-refractivity contribution is -0.139. The maximum Gasteiger partial charge on any atom is 0.303 e. The molecule has 0 bridgehead atoms. The molecule has 1 aromatic rings. The van der Waals surface area contributed by atoms with E-state index in [2.05, 4.69) is 10.4 Å². The molecule has 2 N–H and O–H groups in total. The van der Waals surface area contributed by atoms with Crippen molar-refractivity contribution in [1.29, 1.82) is 0 Å². The number of carbonyl (C=O) groups is 2. The molecule has 0 aliphatic heterocycles. The van der Waals surface area contributed by atoms with Crippen LogP contribution in [0, 0.1) is 5.41 Å². The van der Waals surface area contributed by atoms with Crippen molar-refractivity contribution in [2.24, 2.45) is 12.5 Å². The summed E-state index contributed by atoms with van der Waals surface area (Å²) in [6, 6.07) is 0. The Labute approximate surface area is 119 Å². The summed E-state index contributed by atoms with van der Waals surface area (Å²) in [4.78, 5) is 22.4. The smallest absolute Gasteiger partial charge is 0.303 e. The number of carbonyl (C=O) groups excluding carboxylic acids is 1. The van der Waals surface area contributed by atoms with Crippen LogP contribution in [-0.4, -0.2) is 33.3 Å². The van der Waals surface area contributed by atoms with E-state index < -0.39 is 11.4 Å². The number of nitrogens with zero attached hydrogens (tertiary/aromatic N) is 2. The third-order valence-electron chi connectivity index (χ3n) is 2.99. The Bertz CT molecular complexity index is 466. The minimum Gasteiger partial charge on any atom is -0.481 e. The van der Waals surface area contributed by atoms with Gasteiger partial charge in [-0.2, -0.15) is 5.10 Å². The van der Waals surface area contributed by atoms with Crippen molar-refractivity contribution < 1.29 is 14.7 Å². The van der Waals surface area contributed by atoms with Gasteiger partial charge in [0.25, 0.3) is 0 Å². The molecule has 0 saturated carbocycles. The molecule has 1 rings (SSSR count). The molecule has 1 amide bonds. The molecule has 0 radical (unpaired) electrons. The molecular weight excluding hydrogens is 258 g/mol. The Morgan fingerprint density at radius 3 is 2.65 bits per heavy atom. The molecule has 20 heavy (non-hydrogen) atoms. The topological polar surface area (TPSA) is 84.2 Å². The maximum atomic E-state index is 11.7. The summed E-state index contributed by atoms with van der Waals surface area (Å²) in [6.45, 7) is 4.17. The quantitative estimate of drug-likeness (QED) is 0.705. The summed E-state index contributed by atoms with van der Waals surface area (Å²) in [5.41, 5.74) is 0.632. The Morgan fingerprint density at radius 1 is 1.40 bits per heavy atom. The normalized spacial score (nSPS) is 11.3. The van der Waals surface area contributed by atoms with E-state index in [4.69, 9.17) is 5.11 Å². The molecule has 1 heterocycles. The lowest BCUT2D eigenvalue weighted by Gasteiger charge is -2.21. The molecule has 0 fully saturated rings. The molecule has 0 atom stereocenters. The summed E-state index contributed by atoms with van der Waals surface area (Å²) < 4.78 is 1.75. The fourth-order valence-corrected chi connectivity index (χ4v) is 2.09. The Balaban J connectivity index is 2.21. The van der Waals surface area contributed by atoms with E-state index >= 15 is 0 Å². The second kappa shape index (κ2) is 7.07. The van der Waals surface area contributed by atoms with E-state index in [1.807, 2.05) is 19.4 Å². The van der Waals surface area contributed by atoms with Crippen LogP contribution in [0.2, 0.25) is 0 Å². The van der Waals surface area contributed by atoms with Crippen LogP contribution in [0.4, 0.5) is 0 Å². The van der Waals surface area contributed by atoms with Crippen LogP contribution in [0.3, 0.4) is 0 Å². The van der Waals surface area contributed by atoms with Crippen LogP contribution >= 0.6 is 0 Å². The lowest BCUT2D eigenvalue weighted by atomic mass is 9.85. The summed E-state index contributed by atoms with van der Waals surface area (Å²) in [7, 11) is 1.87. The molecule has 6 heteroatoms. The average Bonchev–Trinajstić information content (AvgIpc) is 2.68. The van der Waals surface area contributed by atoms with Gasteiger partial charge in [0.15, 0.2) is 0 Å².